The summed E-state index contributed by atoms with van der Waals surface area (Å²) >= 11 is 0. The van der Waals surface area contributed by atoms with Crippen molar-refractivity contribution in [3.63, 3.8) is 0 Å². The van der Waals surface area contributed by atoms with Crippen LogP contribution in [0.15, 0.2) is 36.4 Å². The minimum atomic E-state index is -4.27. The van der Waals surface area contributed by atoms with Gasteiger partial charge in [-0.15, -0.1) is 0 Å². The molecular formula is C17H21F3N2. The fraction of sp³-hybridized carbons (Fsp3) is 0.529. The Hall–Kier alpha value is -1.49. The Balaban J connectivity index is 1.64. The molecule has 1 heterocycles. The molecule has 0 saturated carbocycles. The zero-order valence-electron chi connectivity index (χ0n) is 12.5. The van der Waals surface area contributed by atoms with Crippen molar-refractivity contribution in [3.8, 4) is 0 Å². The fourth-order valence-corrected chi connectivity index (χ4v) is 3.29. The van der Waals surface area contributed by atoms with Crippen LogP contribution in [0.4, 0.5) is 18.9 Å². The highest BCUT2D eigenvalue weighted by Gasteiger charge is 2.31. The van der Waals surface area contributed by atoms with Crippen LogP contribution < -0.4 is 4.90 Å². The highest BCUT2D eigenvalue weighted by Crippen LogP contribution is 2.32. The number of halogens is 3. The van der Waals surface area contributed by atoms with Crippen molar-refractivity contribution in [1.82, 2.24) is 4.90 Å². The first-order chi connectivity index (χ1) is 10.5. The van der Waals surface area contributed by atoms with Crippen LogP contribution in [0, 0.1) is 0 Å². The Kier molecular flexibility index (Phi) is 4.43. The van der Waals surface area contributed by atoms with E-state index in [1.165, 1.54) is 31.4 Å². The molecule has 0 amide bonds. The summed E-state index contributed by atoms with van der Waals surface area (Å²) in [6.07, 6.45) is 3.84. The molecule has 1 aromatic carbocycles. The minimum absolute atomic E-state index is 0.511. The average molecular weight is 310 g/mol. The second-order valence-corrected chi connectivity index (χ2v) is 6.00. The third-order valence-corrected chi connectivity index (χ3v) is 4.55. The van der Waals surface area contributed by atoms with E-state index in [0.717, 1.165) is 32.2 Å². The van der Waals surface area contributed by atoms with Crippen molar-refractivity contribution in [1.29, 1.82) is 0 Å². The zero-order chi connectivity index (χ0) is 15.6. The number of piperazine rings is 1. The van der Waals surface area contributed by atoms with Gasteiger partial charge in [-0.1, -0.05) is 18.2 Å². The van der Waals surface area contributed by atoms with E-state index in [2.05, 4.69) is 22.0 Å². The molecule has 1 aromatic rings. The van der Waals surface area contributed by atoms with Crippen LogP contribution >= 0.6 is 0 Å². The lowest BCUT2D eigenvalue weighted by atomic mass is 10.0. The van der Waals surface area contributed by atoms with E-state index in [1.54, 1.807) is 6.07 Å². The van der Waals surface area contributed by atoms with Gasteiger partial charge in [0, 0.05) is 37.9 Å². The zero-order valence-corrected chi connectivity index (χ0v) is 12.5. The van der Waals surface area contributed by atoms with Gasteiger partial charge in [-0.2, -0.15) is 13.2 Å². The number of rotatable bonds is 2. The maximum atomic E-state index is 12.8. The molecule has 1 atom stereocenters. The summed E-state index contributed by atoms with van der Waals surface area (Å²) in [5.41, 5.74) is 0.108. The van der Waals surface area contributed by atoms with Gasteiger partial charge in [-0.25, -0.2) is 0 Å². The standard InChI is InChI=1S/C17H21F3N2/c18-17(19,20)14-5-4-8-16(13-14)22-11-9-21(10-12-22)15-6-2-1-3-7-15/h2,4-6,8,13,15H,1,3,7,9-12H2. The van der Waals surface area contributed by atoms with Gasteiger partial charge in [-0.05, 0) is 37.5 Å². The Labute approximate surface area is 129 Å². The van der Waals surface area contributed by atoms with Crippen molar-refractivity contribution < 1.29 is 13.2 Å². The highest BCUT2D eigenvalue weighted by molar-refractivity contribution is 5.49. The first-order valence-corrected chi connectivity index (χ1v) is 7.87. The topological polar surface area (TPSA) is 6.48 Å². The molecule has 0 bridgehead atoms. The molecule has 0 aromatic heterocycles. The van der Waals surface area contributed by atoms with Crippen LogP contribution in [0.3, 0.4) is 0 Å². The number of benzene rings is 1. The van der Waals surface area contributed by atoms with Crippen molar-refractivity contribution >= 4 is 5.69 Å². The largest absolute Gasteiger partial charge is 0.416 e. The SMILES string of the molecule is FC(F)(F)c1cccc(N2CCN(C3C=CCCC3)CC2)c1. The quantitative estimate of drug-likeness (QED) is 0.764. The maximum absolute atomic E-state index is 12.8. The first-order valence-electron chi connectivity index (χ1n) is 7.87. The fourth-order valence-electron chi connectivity index (χ4n) is 3.29. The molecule has 5 heteroatoms. The van der Waals surface area contributed by atoms with E-state index in [4.69, 9.17) is 0 Å². The second kappa shape index (κ2) is 6.32. The van der Waals surface area contributed by atoms with E-state index in [-0.39, 0.29) is 0 Å². The number of nitrogens with zero attached hydrogens (tertiary/aromatic N) is 2. The number of alkyl halides is 3. The highest BCUT2D eigenvalue weighted by atomic mass is 19.4. The molecule has 1 fully saturated rings. The van der Waals surface area contributed by atoms with Crippen LogP contribution in [0.25, 0.3) is 0 Å². The van der Waals surface area contributed by atoms with Crippen LogP contribution in [0.5, 0.6) is 0 Å². The number of anilines is 1. The number of hydrogen-bond donors (Lipinski definition) is 0. The number of hydrogen-bond acceptors (Lipinski definition) is 2. The van der Waals surface area contributed by atoms with E-state index in [1.807, 2.05) is 0 Å². The molecule has 0 spiro atoms. The molecule has 2 nitrogen and oxygen atoms in total. The van der Waals surface area contributed by atoms with E-state index in [0.29, 0.717) is 11.7 Å². The summed E-state index contributed by atoms with van der Waals surface area (Å²) in [6, 6.07) is 6.17. The van der Waals surface area contributed by atoms with Crippen molar-refractivity contribution in [3.05, 3.63) is 42.0 Å². The second-order valence-electron chi connectivity index (χ2n) is 6.00. The van der Waals surface area contributed by atoms with Gasteiger partial charge in [0.15, 0.2) is 0 Å². The smallest absolute Gasteiger partial charge is 0.369 e. The first kappa shape index (κ1) is 15.4. The lowest BCUT2D eigenvalue weighted by Crippen LogP contribution is -2.50. The molecule has 22 heavy (non-hydrogen) atoms. The van der Waals surface area contributed by atoms with Gasteiger partial charge in [0.25, 0.3) is 0 Å². The third kappa shape index (κ3) is 3.46. The molecular weight excluding hydrogens is 289 g/mol. The molecule has 0 radical (unpaired) electrons. The molecule has 1 aliphatic heterocycles. The third-order valence-electron chi connectivity index (χ3n) is 4.55. The molecule has 0 N–H and O–H groups in total. The summed E-state index contributed by atoms with van der Waals surface area (Å²) in [5.74, 6) is 0. The summed E-state index contributed by atoms with van der Waals surface area (Å²) in [4.78, 5) is 4.50. The van der Waals surface area contributed by atoms with Crippen molar-refractivity contribution in [2.75, 3.05) is 31.1 Å². The summed E-state index contributed by atoms with van der Waals surface area (Å²) < 4.78 is 38.4. The van der Waals surface area contributed by atoms with Gasteiger partial charge in [0.05, 0.1) is 5.56 Å². The minimum Gasteiger partial charge on any atom is -0.369 e. The summed E-state index contributed by atoms with van der Waals surface area (Å²) in [6.45, 7) is 3.38. The van der Waals surface area contributed by atoms with E-state index >= 15 is 0 Å². The monoisotopic (exact) mass is 310 g/mol. The average Bonchev–Trinajstić information content (AvgIpc) is 2.55. The molecule has 2 aliphatic rings. The number of allylic oxidation sites excluding steroid dienone is 1. The summed E-state index contributed by atoms with van der Waals surface area (Å²) in [5, 5.41) is 0. The Morgan fingerprint density at radius 1 is 1.05 bits per heavy atom. The lowest BCUT2D eigenvalue weighted by molar-refractivity contribution is -0.137. The van der Waals surface area contributed by atoms with Gasteiger partial charge < -0.3 is 4.90 Å². The maximum Gasteiger partial charge on any atom is 0.416 e. The van der Waals surface area contributed by atoms with Crippen molar-refractivity contribution in [2.45, 2.75) is 31.5 Å². The van der Waals surface area contributed by atoms with Gasteiger partial charge in [-0.3, -0.25) is 4.90 Å². The van der Waals surface area contributed by atoms with Crippen molar-refractivity contribution in [2.24, 2.45) is 0 Å². The van der Waals surface area contributed by atoms with E-state index in [9.17, 15) is 13.2 Å². The Bertz CT molecular complexity index is 531. The predicted octanol–water partition coefficient (Wildman–Crippen LogP) is 3.94. The van der Waals surface area contributed by atoms with Gasteiger partial charge in [0.1, 0.15) is 0 Å². The normalized spacial score (nSPS) is 23.8. The van der Waals surface area contributed by atoms with Gasteiger partial charge >= 0.3 is 6.18 Å². The predicted molar refractivity (Wildman–Crippen MR) is 82.0 cm³/mol. The van der Waals surface area contributed by atoms with Crippen LogP contribution in [0.2, 0.25) is 0 Å². The molecule has 1 saturated heterocycles. The molecule has 1 aliphatic carbocycles. The Morgan fingerprint density at radius 3 is 2.45 bits per heavy atom. The molecule has 1 unspecified atom stereocenters. The molecule has 120 valence electrons. The van der Waals surface area contributed by atoms with Crippen LogP contribution in [-0.2, 0) is 6.18 Å². The van der Waals surface area contributed by atoms with Crippen LogP contribution in [-0.4, -0.2) is 37.1 Å². The lowest BCUT2D eigenvalue weighted by Gasteiger charge is -2.40. The van der Waals surface area contributed by atoms with Gasteiger partial charge in [0.2, 0.25) is 0 Å². The summed E-state index contributed by atoms with van der Waals surface area (Å²) in [7, 11) is 0. The van der Waals surface area contributed by atoms with Crippen LogP contribution in [0.1, 0.15) is 24.8 Å². The Morgan fingerprint density at radius 2 is 1.82 bits per heavy atom. The molecule has 3 rings (SSSR count). The van der Waals surface area contributed by atoms with E-state index < -0.39 is 11.7 Å².